The summed E-state index contributed by atoms with van der Waals surface area (Å²) in [5.74, 6) is 0. The van der Waals surface area contributed by atoms with Gasteiger partial charge >= 0.3 is 0 Å². The van der Waals surface area contributed by atoms with Crippen LogP contribution in [0.1, 0.15) is 0 Å². The molecule has 1 fully saturated rings. The van der Waals surface area contributed by atoms with Crippen LogP contribution in [0.25, 0.3) is 0 Å². The molecule has 0 aliphatic carbocycles. The summed E-state index contributed by atoms with van der Waals surface area (Å²) in [5, 5.41) is 0. The third kappa shape index (κ3) is 2.76. The van der Waals surface area contributed by atoms with Gasteiger partial charge in [0, 0.05) is 26.2 Å². The molecule has 1 heterocycles. The molecule has 0 unspecified atom stereocenters. The molecular weight excluding hydrogens is 136 g/mol. The summed E-state index contributed by atoms with van der Waals surface area (Å²) < 4.78 is 0. The van der Waals surface area contributed by atoms with Gasteiger partial charge in [-0.05, 0) is 19.3 Å². The van der Waals surface area contributed by atoms with Crippen LogP contribution in [0.2, 0.25) is 0 Å². The Hall–Kier alpha value is -0.760. The van der Waals surface area contributed by atoms with Gasteiger partial charge in [0.2, 0.25) is 0 Å². The average Bonchev–Trinajstić information content (AvgIpc) is 2.04. The van der Waals surface area contributed by atoms with Gasteiger partial charge in [0.25, 0.3) is 0 Å². The third-order valence-electron chi connectivity index (χ3n) is 1.97. The van der Waals surface area contributed by atoms with E-state index in [9.17, 15) is 0 Å². The Bertz CT molecular complexity index is 144. The van der Waals surface area contributed by atoms with Crippen LogP contribution in [0.3, 0.4) is 0 Å². The maximum atomic E-state index is 3.64. The highest BCUT2D eigenvalue weighted by Crippen LogP contribution is 1.98. The second kappa shape index (κ2) is 4.19. The van der Waals surface area contributed by atoms with Crippen LogP contribution in [0.4, 0.5) is 0 Å². The van der Waals surface area contributed by atoms with E-state index in [0.717, 1.165) is 13.1 Å². The number of allylic oxidation sites excluding steroid dienone is 2. The predicted molar refractivity (Wildman–Crippen MR) is 48.4 cm³/mol. The molecule has 62 valence electrons. The summed E-state index contributed by atoms with van der Waals surface area (Å²) in [6.45, 7) is 8.25. The molecule has 0 spiro atoms. The fourth-order valence-electron chi connectivity index (χ4n) is 1.15. The minimum Gasteiger partial charge on any atom is -0.375 e. The van der Waals surface area contributed by atoms with Crippen LogP contribution in [-0.2, 0) is 0 Å². The number of nitrogens with zero attached hydrogens (tertiary/aromatic N) is 2. The molecule has 0 radical (unpaired) electrons. The Labute approximate surface area is 68.8 Å². The van der Waals surface area contributed by atoms with Crippen LogP contribution in [0, 0.1) is 0 Å². The molecular formula is C9H16N2. The summed E-state index contributed by atoms with van der Waals surface area (Å²) >= 11 is 0. The van der Waals surface area contributed by atoms with Crippen molar-refractivity contribution < 1.29 is 0 Å². The second-order valence-corrected chi connectivity index (χ2v) is 2.92. The summed E-state index contributed by atoms with van der Waals surface area (Å²) in [5.41, 5.74) is 0. The highest BCUT2D eigenvalue weighted by molar-refractivity contribution is 4.97. The first-order chi connectivity index (χ1) is 5.33. The van der Waals surface area contributed by atoms with Crippen molar-refractivity contribution in [3.8, 4) is 0 Å². The SMILES string of the molecule is C=C/C=C/N1CCN(C)CC1. The van der Waals surface area contributed by atoms with Crippen molar-refractivity contribution in [1.29, 1.82) is 0 Å². The van der Waals surface area contributed by atoms with Crippen LogP contribution in [0.15, 0.2) is 24.9 Å². The van der Waals surface area contributed by atoms with Gasteiger partial charge in [0.05, 0.1) is 0 Å². The van der Waals surface area contributed by atoms with Crippen molar-refractivity contribution in [3.63, 3.8) is 0 Å². The van der Waals surface area contributed by atoms with Crippen molar-refractivity contribution in [2.24, 2.45) is 0 Å². The lowest BCUT2D eigenvalue weighted by molar-refractivity contribution is 0.198. The fraction of sp³-hybridized carbons (Fsp3) is 0.556. The van der Waals surface area contributed by atoms with Gasteiger partial charge in [-0.2, -0.15) is 0 Å². The second-order valence-electron chi connectivity index (χ2n) is 2.92. The Morgan fingerprint density at radius 1 is 1.18 bits per heavy atom. The molecule has 1 aliphatic heterocycles. The molecule has 0 aromatic heterocycles. The molecule has 0 aromatic rings. The van der Waals surface area contributed by atoms with Crippen molar-refractivity contribution in [1.82, 2.24) is 9.80 Å². The van der Waals surface area contributed by atoms with Crippen LogP contribution >= 0.6 is 0 Å². The van der Waals surface area contributed by atoms with E-state index in [1.165, 1.54) is 13.1 Å². The van der Waals surface area contributed by atoms with Gasteiger partial charge in [-0.1, -0.05) is 12.7 Å². The number of likely N-dealkylation sites (N-methyl/N-ethyl adjacent to an activating group) is 1. The van der Waals surface area contributed by atoms with Gasteiger partial charge in [0.15, 0.2) is 0 Å². The highest BCUT2D eigenvalue weighted by atomic mass is 15.2. The molecule has 11 heavy (non-hydrogen) atoms. The number of rotatable bonds is 2. The molecule has 0 atom stereocenters. The maximum Gasteiger partial charge on any atom is 0.0300 e. The lowest BCUT2D eigenvalue weighted by Crippen LogP contribution is -2.41. The average molecular weight is 152 g/mol. The normalized spacial score (nSPS) is 21.0. The van der Waals surface area contributed by atoms with E-state index in [4.69, 9.17) is 0 Å². The highest BCUT2D eigenvalue weighted by Gasteiger charge is 2.08. The molecule has 0 N–H and O–H groups in total. The van der Waals surface area contributed by atoms with Gasteiger partial charge in [0.1, 0.15) is 0 Å². The molecule has 1 aliphatic rings. The van der Waals surface area contributed by atoms with E-state index < -0.39 is 0 Å². The summed E-state index contributed by atoms with van der Waals surface area (Å²) in [6.07, 6.45) is 5.92. The summed E-state index contributed by atoms with van der Waals surface area (Å²) in [4.78, 5) is 4.67. The summed E-state index contributed by atoms with van der Waals surface area (Å²) in [7, 11) is 2.16. The van der Waals surface area contributed by atoms with Crippen LogP contribution in [0.5, 0.6) is 0 Å². The zero-order chi connectivity index (χ0) is 8.10. The molecule has 0 aromatic carbocycles. The number of hydrogen-bond acceptors (Lipinski definition) is 2. The van der Waals surface area contributed by atoms with E-state index in [1.54, 1.807) is 0 Å². The van der Waals surface area contributed by atoms with Gasteiger partial charge in [-0.15, -0.1) is 0 Å². The lowest BCUT2D eigenvalue weighted by Gasteiger charge is -2.31. The smallest absolute Gasteiger partial charge is 0.0300 e. The van der Waals surface area contributed by atoms with Gasteiger partial charge in [-0.3, -0.25) is 0 Å². The van der Waals surface area contributed by atoms with Gasteiger partial charge in [-0.25, -0.2) is 0 Å². The Morgan fingerprint density at radius 3 is 2.36 bits per heavy atom. The first-order valence-electron chi connectivity index (χ1n) is 4.05. The van der Waals surface area contributed by atoms with Crippen LogP contribution in [-0.4, -0.2) is 43.0 Å². The van der Waals surface area contributed by atoms with Crippen molar-refractivity contribution in [2.45, 2.75) is 0 Å². The number of piperazine rings is 1. The molecule has 2 heteroatoms. The molecule has 0 saturated carbocycles. The molecule has 0 amide bonds. The van der Waals surface area contributed by atoms with Crippen molar-refractivity contribution >= 4 is 0 Å². The van der Waals surface area contributed by atoms with E-state index in [0.29, 0.717) is 0 Å². The largest absolute Gasteiger partial charge is 0.375 e. The predicted octanol–water partition coefficient (Wildman–Crippen LogP) is 0.933. The van der Waals surface area contributed by atoms with E-state index in [2.05, 4.69) is 29.6 Å². The topological polar surface area (TPSA) is 6.48 Å². The Kier molecular flexibility index (Phi) is 3.17. The Balaban J connectivity index is 2.27. The van der Waals surface area contributed by atoms with E-state index >= 15 is 0 Å². The van der Waals surface area contributed by atoms with E-state index in [1.807, 2.05) is 12.2 Å². The van der Waals surface area contributed by atoms with Crippen molar-refractivity contribution in [2.75, 3.05) is 33.2 Å². The summed E-state index contributed by atoms with van der Waals surface area (Å²) in [6, 6.07) is 0. The zero-order valence-electron chi connectivity index (χ0n) is 7.16. The molecule has 2 nitrogen and oxygen atoms in total. The molecule has 1 rings (SSSR count). The first kappa shape index (κ1) is 8.34. The first-order valence-corrected chi connectivity index (χ1v) is 4.05. The zero-order valence-corrected chi connectivity index (χ0v) is 7.16. The van der Waals surface area contributed by atoms with Crippen molar-refractivity contribution in [3.05, 3.63) is 24.9 Å². The minimum absolute atomic E-state index is 1.14. The fourth-order valence-corrected chi connectivity index (χ4v) is 1.15. The minimum atomic E-state index is 1.14. The van der Waals surface area contributed by atoms with E-state index in [-0.39, 0.29) is 0 Å². The number of hydrogen-bond donors (Lipinski definition) is 0. The standard InChI is InChI=1S/C9H16N2/c1-3-4-5-11-8-6-10(2)7-9-11/h3-5H,1,6-9H2,2H3/b5-4+. The lowest BCUT2D eigenvalue weighted by atomic mass is 10.3. The molecule has 1 saturated heterocycles. The third-order valence-corrected chi connectivity index (χ3v) is 1.97. The van der Waals surface area contributed by atoms with Gasteiger partial charge < -0.3 is 9.80 Å². The van der Waals surface area contributed by atoms with Crippen LogP contribution < -0.4 is 0 Å². The molecule has 0 bridgehead atoms. The Morgan fingerprint density at radius 2 is 1.82 bits per heavy atom. The maximum absolute atomic E-state index is 3.64. The monoisotopic (exact) mass is 152 g/mol. The quantitative estimate of drug-likeness (QED) is 0.543.